The number of benzene rings is 1. The summed E-state index contributed by atoms with van der Waals surface area (Å²) >= 11 is 12.7. The van der Waals surface area contributed by atoms with Gasteiger partial charge in [-0.05, 0) is 38.5 Å². The monoisotopic (exact) mass is 458 g/mol. The second kappa shape index (κ2) is 8.24. The van der Waals surface area contributed by atoms with Gasteiger partial charge in [-0.15, -0.1) is 0 Å². The van der Waals surface area contributed by atoms with Crippen LogP contribution in [0.3, 0.4) is 0 Å². The van der Waals surface area contributed by atoms with Crippen molar-refractivity contribution in [3.05, 3.63) is 68.8 Å². The lowest BCUT2D eigenvalue weighted by atomic mass is 9.96. The van der Waals surface area contributed by atoms with Gasteiger partial charge in [0.15, 0.2) is 11.5 Å². The van der Waals surface area contributed by atoms with Gasteiger partial charge in [0, 0.05) is 24.3 Å². The van der Waals surface area contributed by atoms with E-state index in [9.17, 15) is 9.59 Å². The summed E-state index contributed by atoms with van der Waals surface area (Å²) in [5.74, 6) is 0.488. The van der Waals surface area contributed by atoms with Crippen LogP contribution in [-0.2, 0) is 9.59 Å². The second-order valence-corrected chi connectivity index (χ2v) is 8.25. The molecule has 1 aromatic heterocycles. The summed E-state index contributed by atoms with van der Waals surface area (Å²) in [6.45, 7) is 5.99. The van der Waals surface area contributed by atoms with Crippen LogP contribution in [0, 0.1) is 6.92 Å². The number of aryl methyl sites for hydroxylation is 1. The SMILES string of the molecule is CC1=C(C)C(N2CC(N(C=O)c3c(-c4c(Cl)cccc4Cl)noc3C)=CN2)=CC(=O)C1. The first-order valence-electron chi connectivity index (χ1n) is 9.61. The molecule has 0 unspecified atom stereocenters. The Bertz CT molecular complexity index is 1160. The summed E-state index contributed by atoms with van der Waals surface area (Å²) in [6, 6.07) is 5.13. The Balaban J connectivity index is 1.69. The standard InChI is InChI=1S/C22H20Cl2N4O3/c1-12-7-16(30)8-19(13(12)2)28-10-15(9-25-28)27(11-29)22-14(3)31-26-21(22)20-17(23)5-4-6-18(20)24/h4-6,8-9,11,25H,7,10H2,1-3H3. The van der Waals surface area contributed by atoms with Crippen molar-refractivity contribution in [2.45, 2.75) is 27.2 Å². The average Bonchev–Trinajstić information content (AvgIpc) is 3.34. The molecule has 7 nitrogen and oxygen atoms in total. The fourth-order valence-corrected chi connectivity index (χ4v) is 4.29. The lowest BCUT2D eigenvalue weighted by Gasteiger charge is -2.27. The molecule has 1 aliphatic carbocycles. The average molecular weight is 459 g/mol. The van der Waals surface area contributed by atoms with Gasteiger partial charge in [0.05, 0.1) is 28.0 Å². The van der Waals surface area contributed by atoms with Crippen molar-refractivity contribution in [1.82, 2.24) is 15.6 Å². The number of carbonyl (C=O) groups is 2. The highest BCUT2D eigenvalue weighted by atomic mass is 35.5. The minimum Gasteiger partial charge on any atom is -0.359 e. The molecule has 0 saturated heterocycles. The Hall–Kier alpha value is -3.03. The Kier molecular flexibility index (Phi) is 5.64. The van der Waals surface area contributed by atoms with Crippen LogP contribution >= 0.6 is 23.2 Å². The van der Waals surface area contributed by atoms with E-state index >= 15 is 0 Å². The van der Waals surface area contributed by atoms with Crippen LogP contribution in [0.25, 0.3) is 11.3 Å². The van der Waals surface area contributed by atoms with Gasteiger partial charge in [-0.1, -0.05) is 40.0 Å². The molecule has 1 amide bonds. The van der Waals surface area contributed by atoms with Crippen LogP contribution in [0.4, 0.5) is 5.69 Å². The molecule has 31 heavy (non-hydrogen) atoms. The highest BCUT2D eigenvalue weighted by Crippen LogP contribution is 2.42. The molecule has 9 heteroatoms. The summed E-state index contributed by atoms with van der Waals surface area (Å²) in [7, 11) is 0. The molecule has 2 aromatic rings. The maximum absolute atomic E-state index is 12.2. The van der Waals surface area contributed by atoms with Crippen LogP contribution in [0.15, 0.2) is 57.5 Å². The predicted molar refractivity (Wildman–Crippen MR) is 119 cm³/mol. The number of hydrazine groups is 1. The molecule has 160 valence electrons. The number of nitrogens with zero attached hydrogens (tertiary/aromatic N) is 3. The Morgan fingerprint density at radius 2 is 1.94 bits per heavy atom. The second-order valence-electron chi connectivity index (χ2n) is 7.44. The number of anilines is 1. The third kappa shape index (κ3) is 3.75. The molecule has 1 aliphatic heterocycles. The Labute approximate surface area is 189 Å². The van der Waals surface area contributed by atoms with Gasteiger partial charge in [0.1, 0.15) is 11.4 Å². The summed E-state index contributed by atoms with van der Waals surface area (Å²) in [5.41, 5.74) is 7.94. The molecule has 4 rings (SSSR count). The number of aromatic nitrogens is 1. The van der Waals surface area contributed by atoms with E-state index in [0.717, 1.165) is 16.8 Å². The van der Waals surface area contributed by atoms with Crippen LogP contribution in [0.2, 0.25) is 10.0 Å². The molecular formula is C22H20Cl2N4O3. The molecule has 0 radical (unpaired) electrons. The van der Waals surface area contributed by atoms with Crippen molar-refractivity contribution in [3.63, 3.8) is 0 Å². The van der Waals surface area contributed by atoms with Gasteiger partial charge in [-0.25, -0.2) is 0 Å². The Morgan fingerprint density at radius 1 is 1.23 bits per heavy atom. The molecule has 0 bridgehead atoms. The van der Waals surface area contributed by atoms with Gasteiger partial charge >= 0.3 is 0 Å². The number of hydrogen-bond donors (Lipinski definition) is 1. The lowest BCUT2D eigenvalue weighted by Crippen LogP contribution is -2.33. The van der Waals surface area contributed by atoms with Gasteiger partial charge in [-0.2, -0.15) is 0 Å². The van der Waals surface area contributed by atoms with E-state index < -0.39 is 0 Å². The van der Waals surface area contributed by atoms with Gasteiger partial charge < -0.3 is 9.95 Å². The first kappa shape index (κ1) is 21.2. The van der Waals surface area contributed by atoms with Crippen LogP contribution in [0.5, 0.6) is 0 Å². The van der Waals surface area contributed by atoms with Crippen molar-refractivity contribution < 1.29 is 14.1 Å². The zero-order valence-electron chi connectivity index (χ0n) is 17.2. The number of nitrogens with one attached hydrogen (secondary N) is 1. The van der Waals surface area contributed by atoms with Crippen LogP contribution < -0.4 is 10.3 Å². The van der Waals surface area contributed by atoms with E-state index in [4.69, 9.17) is 27.7 Å². The molecule has 1 aromatic carbocycles. The number of amides is 1. The van der Waals surface area contributed by atoms with E-state index in [1.54, 1.807) is 37.4 Å². The van der Waals surface area contributed by atoms with E-state index in [1.165, 1.54) is 4.90 Å². The highest BCUT2D eigenvalue weighted by Gasteiger charge is 2.30. The fraction of sp³-hybridized carbons (Fsp3) is 0.227. The highest BCUT2D eigenvalue weighted by molar-refractivity contribution is 6.39. The third-order valence-corrected chi connectivity index (χ3v) is 6.08. The minimum absolute atomic E-state index is 0.0473. The van der Waals surface area contributed by atoms with Crippen molar-refractivity contribution in [2.75, 3.05) is 11.4 Å². The topological polar surface area (TPSA) is 78.7 Å². The molecule has 0 atom stereocenters. The Morgan fingerprint density at radius 3 is 2.61 bits per heavy atom. The molecular weight excluding hydrogens is 439 g/mol. The first-order chi connectivity index (χ1) is 14.8. The lowest BCUT2D eigenvalue weighted by molar-refractivity contribution is -0.114. The fourth-order valence-electron chi connectivity index (χ4n) is 3.71. The summed E-state index contributed by atoms with van der Waals surface area (Å²) in [5, 5.41) is 6.74. The van der Waals surface area contributed by atoms with E-state index in [2.05, 4.69) is 10.6 Å². The van der Waals surface area contributed by atoms with Crippen LogP contribution in [-0.4, -0.2) is 28.9 Å². The van der Waals surface area contributed by atoms with E-state index in [-0.39, 0.29) is 5.78 Å². The number of hydrogen-bond acceptors (Lipinski definition) is 6. The quantitative estimate of drug-likeness (QED) is 0.649. The smallest absolute Gasteiger partial charge is 0.218 e. The third-order valence-electron chi connectivity index (χ3n) is 5.45. The van der Waals surface area contributed by atoms with Crippen LogP contribution in [0.1, 0.15) is 26.0 Å². The largest absolute Gasteiger partial charge is 0.359 e. The van der Waals surface area contributed by atoms with E-state index in [0.29, 0.717) is 57.8 Å². The number of allylic oxidation sites excluding steroid dienone is 3. The normalized spacial score (nSPS) is 16.3. The zero-order valence-corrected chi connectivity index (χ0v) is 18.7. The molecule has 0 spiro atoms. The van der Waals surface area contributed by atoms with Crippen molar-refractivity contribution in [2.24, 2.45) is 0 Å². The molecule has 2 heterocycles. The van der Waals surface area contributed by atoms with Crippen molar-refractivity contribution >= 4 is 41.1 Å². The minimum atomic E-state index is 0.0473. The molecule has 2 aliphatic rings. The van der Waals surface area contributed by atoms with E-state index in [1.807, 2.05) is 18.9 Å². The number of ketones is 1. The maximum Gasteiger partial charge on any atom is 0.218 e. The predicted octanol–water partition coefficient (Wildman–Crippen LogP) is 4.77. The number of rotatable bonds is 5. The molecule has 0 saturated carbocycles. The van der Waals surface area contributed by atoms with Gasteiger partial charge in [0.25, 0.3) is 0 Å². The van der Waals surface area contributed by atoms with Gasteiger partial charge in [0.2, 0.25) is 6.41 Å². The zero-order chi connectivity index (χ0) is 22.3. The van der Waals surface area contributed by atoms with Crippen molar-refractivity contribution in [3.8, 4) is 11.3 Å². The molecule has 1 N–H and O–H groups in total. The number of halogens is 2. The first-order valence-corrected chi connectivity index (χ1v) is 10.4. The summed E-state index contributed by atoms with van der Waals surface area (Å²) in [4.78, 5) is 25.7. The number of carbonyl (C=O) groups excluding carboxylic acids is 2. The summed E-state index contributed by atoms with van der Waals surface area (Å²) < 4.78 is 5.40. The summed E-state index contributed by atoms with van der Waals surface area (Å²) in [6.07, 6.45) is 4.45. The van der Waals surface area contributed by atoms with Crippen molar-refractivity contribution in [1.29, 1.82) is 0 Å². The molecule has 0 fully saturated rings. The maximum atomic E-state index is 12.2. The van der Waals surface area contributed by atoms with Gasteiger partial charge in [-0.3, -0.25) is 19.5 Å².